The van der Waals surface area contributed by atoms with Gasteiger partial charge in [-0.3, -0.25) is 4.79 Å². The molecule has 1 saturated heterocycles. The summed E-state index contributed by atoms with van der Waals surface area (Å²) in [6.45, 7) is 5.98. The molecule has 2 aromatic carbocycles. The first-order valence-electron chi connectivity index (χ1n) is 11.5. The third-order valence-electron chi connectivity index (χ3n) is 5.68. The number of anilines is 4. The van der Waals surface area contributed by atoms with Crippen LogP contribution in [0, 0.1) is 11.6 Å². The number of nitrogens with zero attached hydrogens (tertiary/aromatic N) is 2. The number of ether oxygens (including phenoxy) is 1. The molecule has 1 aliphatic heterocycles. The first kappa shape index (κ1) is 24.4. The van der Waals surface area contributed by atoms with Crippen molar-refractivity contribution in [1.29, 1.82) is 0 Å². The van der Waals surface area contributed by atoms with Gasteiger partial charge in [-0.05, 0) is 55.8 Å². The summed E-state index contributed by atoms with van der Waals surface area (Å²) in [7, 11) is 0. The van der Waals surface area contributed by atoms with Gasteiger partial charge < -0.3 is 26.0 Å². The van der Waals surface area contributed by atoms with E-state index in [2.05, 4.69) is 34.4 Å². The molecule has 0 saturated carbocycles. The number of hydrogen-bond acceptors (Lipinski definition) is 6. The Balaban J connectivity index is 1.48. The van der Waals surface area contributed by atoms with Crippen LogP contribution in [-0.2, 0) is 22.5 Å². The number of amides is 1. The normalized spacial score (nSPS) is 17.8. The van der Waals surface area contributed by atoms with E-state index in [1.165, 1.54) is 12.1 Å². The number of aromatic nitrogens is 1. The number of nitrogens with two attached hydrogens (primary N) is 1. The fraction of sp³-hybridized carbons (Fsp3) is 0.308. The lowest BCUT2D eigenvalue weighted by Gasteiger charge is -2.36. The van der Waals surface area contributed by atoms with Crippen molar-refractivity contribution in [3.63, 3.8) is 0 Å². The van der Waals surface area contributed by atoms with Gasteiger partial charge in [-0.2, -0.15) is 0 Å². The first-order chi connectivity index (χ1) is 16.7. The molecule has 0 spiro atoms. The summed E-state index contributed by atoms with van der Waals surface area (Å²) in [5.74, 6) is -1.26. The molecule has 1 amide bonds. The standard InChI is InChI=1S/C26H29F2N5O2/c1-16-14-33(15-17(2)35-16)23-5-3-22(4-6-23)32-26-11-24(19(13-31-26)9-25(29)34)30-12-18-7-20(27)10-21(28)8-18/h3-8,10-11,13,16-17H,9,12,14-15H2,1-2H3,(H2,29,34)(H2,30,31,32)/t16-,17+. The first-order valence-corrected chi connectivity index (χ1v) is 11.5. The number of primary amides is 1. The van der Waals surface area contributed by atoms with E-state index in [-0.39, 0.29) is 25.2 Å². The van der Waals surface area contributed by atoms with Crippen LogP contribution in [0.15, 0.2) is 54.7 Å². The van der Waals surface area contributed by atoms with E-state index in [9.17, 15) is 13.6 Å². The van der Waals surface area contributed by atoms with Crippen LogP contribution in [0.1, 0.15) is 25.0 Å². The SMILES string of the molecule is C[C@@H]1CN(c2ccc(Nc3cc(NCc4cc(F)cc(F)c4)c(CC(N)=O)cn3)cc2)C[C@H](C)O1. The van der Waals surface area contributed by atoms with Gasteiger partial charge in [0, 0.05) is 60.6 Å². The summed E-state index contributed by atoms with van der Waals surface area (Å²) in [4.78, 5) is 18.2. The lowest BCUT2D eigenvalue weighted by molar-refractivity contribution is -0.117. The van der Waals surface area contributed by atoms with Crippen molar-refractivity contribution in [3.05, 3.63) is 77.5 Å². The second-order valence-electron chi connectivity index (χ2n) is 8.84. The molecule has 1 fully saturated rings. The fourth-order valence-electron chi connectivity index (χ4n) is 4.25. The van der Waals surface area contributed by atoms with Crippen molar-refractivity contribution in [2.45, 2.75) is 39.0 Å². The number of benzene rings is 2. The Morgan fingerprint density at radius 1 is 1.09 bits per heavy atom. The molecule has 7 nitrogen and oxygen atoms in total. The maximum Gasteiger partial charge on any atom is 0.221 e. The number of carbonyl (C=O) groups excluding carboxylic acids is 1. The fourth-order valence-corrected chi connectivity index (χ4v) is 4.25. The Kier molecular flexibility index (Phi) is 7.45. The molecule has 4 rings (SSSR count). The van der Waals surface area contributed by atoms with E-state index in [1.807, 2.05) is 24.3 Å². The number of nitrogens with one attached hydrogen (secondary N) is 2. The molecule has 0 radical (unpaired) electrons. The summed E-state index contributed by atoms with van der Waals surface area (Å²) in [6.07, 6.45) is 1.90. The molecule has 184 valence electrons. The zero-order valence-electron chi connectivity index (χ0n) is 19.7. The van der Waals surface area contributed by atoms with E-state index in [0.29, 0.717) is 22.6 Å². The van der Waals surface area contributed by atoms with Crippen LogP contribution < -0.4 is 21.3 Å². The third kappa shape index (κ3) is 6.66. The molecule has 0 aliphatic carbocycles. The molecule has 2 heterocycles. The Bertz CT molecular complexity index is 1160. The van der Waals surface area contributed by atoms with Crippen LogP contribution in [0.3, 0.4) is 0 Å². The average Bonchev–Trinajstić information content (AvgIpc) is 2.78. The van der Waals surface area contributed by atoms with Crippen LogP contribution >= 0.6 is 0 Å². The van der Waals surface area contributed by atoms with Gasteiger partial charge in [0.15, 0.2) is 0 Å². The van der Waals surface area contributed by atoms with Crippen LogP contribution in [0.25, 0.3) is 0 Å². The number of pyridine rings is 1. The van der Waals surface area contributed by atoms with Gasteiger partial charge in [0.25, 0.3) is 0 Å². The number of carbonyl (C=O) groups is 1. The highest BCUT2D eigenvalue weighted by Crippen LogP contribution is 2.26. The highest BCUT2D eigenvalue weighted by molar-refractivity contribution is 5.79. The molecule has 2 atom stereocenters. The summed E-state index contributed by atoms with van der Waals surface area (Å²) >= 11 is 0. The number of hydrogen-bond donors (Lipinski definition) is 3. The minimum absolute atomic E-state index is 0.0157. The topological polar surface area (TPSA) is 92.5 Å². The number of morpholine rings is 1. The second kappa shape index (κ2) is 10.7. The monoisotopic (exact) mass is 481 g/mol. The van der Waals surface area contributed by atoms with Crippen LogP contribution in [0.4, 0.5) is 31.7 Å². The van der Waals surface area contributed by atoms with Gasteiger partial charge in [0.05, 0.1) is 18.6 Å². The quantitative estimate of drug-likeness (QED) is 0.443. The maximum atomic E-state index is 13.5. The second-order valence-corrected chi connectivity index (χ2v) is 8.84. The van der Waals surface area contributed by atoms with Crippen molar-refractivity contribution in [2.24, 2.45) is 5.73 Å². The molecule has 0 unspecified atom stereocenters. The van der Waals surface area contributed by atoms with E-state index < -0.39 is 17.5 Å². The lowest BCUT2D eigenvalue weighted by Crippen LogP contribution is -2.45. The minimum Gasteiger partial charge on any atom is -0.381 e. The Morgan fingerprint density at radius 3 is 2.37 bits per heavy atom. The van der Waals surface area contributed by atoms with Gasteiger partial charge in [-0.25, -0.2) is 13.8 Å². The number of rotatable bonds is 8. The molecule has 4 N–H and O–H groups in total. The largest absolute Gasteiger partial charge is 0.381 e. The van der Waals surface area contributed by atoms with Crippen molar-refractivity contribution < 1.29 is 18.3 Å². The summed E-state index contributed by atoms with van der Waals surface area (Å²) in [5.41, 5.74) is 8.95. The van der Waals surface area contributed by atoms with Crippen LogP contribution in [0.2, 0.25) is 0 Å². The molecule has 0 bridgehead atoms. The van der Waals surface area contributed by atoms with E-state index in [0.717, 1.165) is 30.5 Å². The lowest BCUT2D eigenvalue weighted by atomic mass is 10.1. The van der Waals surface area contributed by atoms with E-state index >= 15 is 0 Å². The minimum atomic E-state index is -0.652. The molecular weight excluding hydrogens is 452 g/mol. The van der Waals surface area contributed by atoms with Gasteiger partial charge in [0.2, 0.25) is 5.91 Å². The third-order valence-corrected chi connectivity index (χ3v) is 5.68. The number of halogens is 2. The van der Waals surface area contributed by atoms with Crippen molar-refractivity contribution in [2.75, 3.05) is 28.6 Å². The van der Waals surface area contributed by atoms with Gasteiger partial charge >= 0.3 is 0 Å². The van der Waals surface area contributed by atoms with Crippen LogP contribution in [0.5, 0.6) is 0 Å². The molecule has 35 heavy (non-hydrogen) atoms. The van der Waals surface area contributed by atoms with Gasteiger partial charge in [0.1, 0.15) is 17.5 Å². The van der Waals surface area contributed by atoms with Crippen molar-refractivity contribution >= 4 is 28.8 Å². The molecule has 1 aromatic heterocycles. The molecular formula is C26H29F2N5O2. The Hall–Kier alpha value is -3.72. The maximum absolute atomic E-state index is 13.5. The summed E-state index contributed by atoms with van der Waals surface area (Å²) in [5, 5.41) is 6.39. The molecule has 3 aromatic rings. The highest BCUT2D eigenvalue weighted by atomic mass is 19.1. The van der Waals surface area contributed by atoms with E-state index in [1.54, 1.807) is 12.3 Å². The predicted molar refractivity (Wildman–Crippen MR) is 133 cm³/mol. The van der Waals surface area contributed by atoms with Crippen LogP contribution in [-0.4, -0.2) is 36.2 Å². The zero-order chi connectivity index (χ0) is 24.9. The molecule has 9 heteroatoms. The highest BCUT2D eigenvalue weighted by Gasteiger charge is 2.22. The van der Waals surface area contributed by atoms with Crippen molar-refractivity contribution in [1.82, 2.24) is 4.98 Å². The smallest absolute Gasteiger partial charge is 0.221 e. The van der Waals surface area contributed by atoms with E-state index in [4.69, 9.17) is 10.5 Å². The predicted octanol–water partition coefficient (Wildman–Crippen LogP) is 4.36. The average molecular weight is 482 g/mol. The molecule has 1 aliphatic rings. The van der Waals surface area contributed by atoms with Gasteiger partial charge in [-0.1, -0.05) is 0 Å². The Labute approximate surface area is 203 Å². The summed E-state index contributed by atoms with van der Waals surface area (Å²) in [6, 6.07) is 13.1. The summed E-state index contributed by atoms with van der Waals surface area (Å²) < 4.78 is 32.9. The zero-order valence-corrected chi connectivity index (χ0v) is 19.7. The van der Waals surface area contributed by atoms with Crippen molar-refractivity contribution in [3.8, 4) is 0 Å². The Morgan fingerprint density at radius 2 is 1.74 bits per heavy atom. The van der Waals surface area contributed by atoms with Gasteiger partial charge in [-0.15, -0.1) is 0 Å².